The first-order valence-corrected chi connectivity index (χ1v) is 31.8. The standard InChI is InChI=1S/C67H120O6/c1-4-7-10-13-16-19-22-25-28-31-33-34-35-37-39-42-45-48-51-54-57-60-66(69)72-63-64(62-71-65(68)59-56-53-50-47-44-41-38-30-27-24-21-18-15-12-9-6-3)73-67(70)61-58-55-52-49-46-43-40-36-32-29-26-23-20-17-14-11-8-5-2/h20-21,23-24,29-33,38,64H,4-19,22,25-28,34-37,39-63H2,1-3H3/b23-20-,24-21-,32-29-,33-31-,38-30-. The molecule has 424 valence electrons. The summed E-state index contributed by atoms with van der Waals surface area (Å²) in [6.07, 6.45) is 77.9. The Morgan fingerprint density at radius 1 is 0.274 bits per heavy atom. The monoisotopic (exact) mass is 1020 g/mol. The summed E-state index contributed by atoms with van der Waals surface area (Å²) in [4.78, 5) is 38.3. The van der Waals surface area contributed by atoms with Crippen LogP contribution < -0.4 is 0 Å². The highest BCUT2D eigenvalue weighted by Gasteiger charge is 2.19. The minimum atomic E-state index is -0.786. The van der Waals surface area contributed by atoms with E-state index >= 15 is 0 Å². The van der Waals surface area contributed by atoms with Gasteiger partial charge in [0.15, 0.2) is 6.10 Å². The van der Waals surface area contributed by atoms with Crippen molar-refractivity contribution in [2.24, 2.45) is 0 Å². The first-order valence-electron chi connectivity index (χ1n) is 31.8. The molecule has 0 aromatic heterocycles. The Bertz CT molecular complexity index is 1310. The lowest BCUT2D eigenvalue weighted by molar-refractivity contribution is -0.167. The van der Waals surface area contributed by atoms with Gasteiger partial charge in [0.1, 0.15) is 13.2 Å². The third-order valence-corrected chi connectivity index (χ3v) is 14.0. The van der Waals surface area contributed by atoms with Crippen LogP contribution in [0.1, 0.15) is 329 Å². The zero-order valence-electron chi connectivity index (χ0n) is 48.7. The van der Waals surface area contributed by atoms with Gasteiger partial charge in [0.05, 0.1) is 0 Å². The highest BCUT2D eigenvalue weighted by Crippen LogP contribution is 2.16. The maximum absolute atomic E-state index is 12.9. The van der Waals surface area contributed by atoms with E-state index in [0.717, 1.165) is 89.9 Å². The summed E-state index contributed by atoms with van der Waals surface area (Å²) in [5.41, 5.74) is 0. The van der Waals surface area contributed by atoms with Crippen LogP contribution in [-0.4, -0.2) is 37.2 Å². The van der Waals surface area contributed by atoms with E-state index in [-0.39, 0.29) is 31.1 Å². The molecule has 0 aromatic carbocycles. The molecule has 1 atom stereocenters. The summed E-state index contributed by atoms with van der Waals surface area (Å²) in [5.74, 6) is -0.890. The van der Waals surface area contributed by atoms with E-state index < -0.39 is 6.10 Å². The average molecular weight is 1020 g/mol. The van der Waals surface area contributed by atoms with E-state index in [2.05, 4.69) is 81.5 Å². The van der Waals surface area contributed by atoms with Gasteiger partial charge in [-0.3, -0.25) is 14.4 Å². The number of hydrogen-bond acceptors (Lipinski definition) is 6. The Balaban J connectivity index is 4.38. The number of hydrogen-bond donors (Lipinski definition) is 0. The summed E-state index contributed by atoms with van der Waals surface area (Å²) in [6, 6.07) is 0. The van der Waals surface area contributed by atoms with Gasteiger partial charge in [0.25, 0.3) is 0 Å². The van der Waals surface area contributed by atoms with Gasteiger partial charge in [-0.1, -0.05) is 261 Å². The number of ether oxygens (including phenoxy) is 3. The summed E-state index contributed by atoms with van der Waals surface area (Å²) < 4.78 is 16.9. The van der Waals surface area contributed by atoms with Gasteiger partial charge in [0, 0.05) is 19.3 Å². The fraction of sp³-hybridized carbons (Fsp3) is 0.806. The lowest BCUT2D eigenvalue weighted by Gasteiger charge is -2.18. The van der Waals surface area contributed by atoms with Gasteiger partial charge in [-0.2, -0.15) is 0 Å². The second kappa shape index (κ2) is 61.7. The van der Waals surface area contributed by atoms with Crippen LogP contribution in [-0.2, 0) is 28.6 Å². The second-order valence-electron chi connectivity index (χ2n) is 21.3. The van der Waals surface area contributed by atoms with Gasteiger partial charge >= 0.3 is 17.9 Å². The molecule has 0 saturated carbocycles. The zero-order chi connectivity index (χ0) is 52.9. The maximum Gasteiger partial charge on any atom is 0.306 e. The second-order valence-corrected chi connectivity index (χ2v) is 21.3. The molecule has 1 unspecified atom stereocenters. The molecular formula is C67H120O6. The maximum atomic E-state index is 12.9. The Labute approximate surface area is 453 Å². The van der Waals surface area contributed by atoms with Crippen LogP contribution in [0, 0.1) is 0 Å². The number of unbranched alkanes of at least 4 members (excludes halogenated alkanes) is 37. The topological polar surface area (TPSA) is 78.9 Å². The summed E-state index contributed by atoms with van der Waals surface area (Å²) in [6.45, 7) is 6.63. The molecular weight excluding hydrogens is 901 g/mol. The molecule has 0 radical (unpaired) electrons. The third kappa shape index (κ3) is 59.9. The highest BCUT2D eigenvalue weighted by atomic mass is 16.6. The van der Waals surface area contributed by atoms with Crippen LogP contribution in [0.3, 0.4) is 0 Å². The zero-order valence-corrected chi connectivity index (χ0v) is 48.7. The minimum Gasteiger partial charge on any atom is -0.462 e. The molecule has 0 aliphatic carbocycles. The molecule has 0 saturated heterocycles. The van der Waals surface area contributed by atoms with Crippen molar-refractivity contribution in [1.82, 2.24) is 0 Å². The molecule has 6 heteroatoms. The summed E-state index contributed by atoms with van der Waals surface area (Å²) in [5, 5.41) is 0. The summed E-state index contributed by atoms with van der Waals surface area (Å²) >= 11 is 0. The lowest BCUT2D eigenvalue weighted by atomic mass is 10.1. The number of rotatable bonds is 58. The van der Waals surface area contributed by atoms with E-state index in [4.69, 9.17) is 14.2 Å². The van der Waals surface area contributed by atoms with Crippen molar-refractivity contribution in [2.75, 3.05) is 13.2 Å². The molecule has 0 aromatic rings. The molecule has 6 nitrogen and oxygen atoms in total. The molecule has 0 amide bonds. The largest absolute Gasteiger partial charge is 0.462 e. The first kappa shape index (κ1) is 70.1. The molecule has 0 N–H and O–H groups in total. The van der Waals surface area contributed by atoms with Crippen molar-refractivity contribution < 1.29 is 28.6 Å². The van der Waals surface area contributed by atoms with Gasteiger partial charge in [-0.25, -0.2) is 0 Å². The smallest absolute Gasteiger partial charge is 0.306 e. The van der Waals surface area contributed by atoms with Gasteiger partial charge in [0.2, 0.25) is 0 Å². The minimum absolute atomic E-state index is 0.0817. The van der Waals surface area contributed by atoms with Crippen LogP contribution in [0.15, 0.2) is 60.8 Å². The highest BCUT2D eigenvalue weighted by molar-refractivity contribution is 5.71. The quantitative estimate of drug-likeness (QED) is 0.0261. The predicted molar refractivity (Wildman–Crippen MR) is 316 cm³/mol. The van der Waals surface area contributed by atoms with Crippen molar-refractivity contribution >= 4 is 17.9 Å². The molecule has 0 bridgehead atoms. The molecule has 0 rings (SSSR count). The molecule has 0 heterocycles. The van der Waals surface area contributed by atoms with Crippen LogP contribution in [0.25, 0.3) is 0 Å². The SMILES string of the molecule is CCCCCC/C=C\C/C=C\CCCCCCCCCC(=O)OC(COC(=O)CCCCCCC/C=C\C/C=C\CCCCCC)COC(=O)CCCCCCCCCCC/C=C\CCCCCCCCCC. The Morgan fingerprint density at radius 2 is 0.493 bits per heavy atom. The van der Waals surface area contributed by atoms with Crippen LogP contribution in [0.4, 0.5) is 0 Å². The fourth-order valence-electron chi connectivity index (χ4n) is 9.15. The molecule has 0 spiro atoms. The van der Waals surface area contributed by atoms with E-state index in [1.807, 2.05) is 0 Å². The van der Waals surface area contributed by atoms with Crippen molar-refractivity contribution in [2.45, 2.75) is 335 Å². The molecule has 0 fully saturated rings. The number of carbonyl (C=O) groups excluding carboxylic acids is 3. The number of esters is 3. The molecule has 73 heavy (non-hydrogen) atoms. The van der Waals surface area contributed by atoms with Crippen LogP contribution >= 0.6 is 0 Å². The Morgan fingerprint density at radius 3 is 0.781 bits per heavy atom. The number of carbonyl (C=O) groups is 3. The Hall–Kier alpha value is -2.89. The fourth-order valence-corrected chi connectivity index (χ4v) is 9.15. The van der Waals surface area contributed by atoms with E-state index in [0.29, 0.717) is 19.3 Å². The number of allylic oxidation sites excluding steroid dienone is 10. The third-order valence-electron chi connectivity index (χ3n) is 14.0. The summed E-state index contributed by atoms with van der Waals surface area (Å²) in [7, 11) is 0. The predicted octanol–water partition coefficient (Wildman–Crippen LogP) is 21.6. The first-order chi connectivity index (χ1) is 36.0. The lowest BCUT2D eigenvalue weighted by Crippen LogP contribution is -2.30. The van der Waals surface area contributed by atoms with Crippen molar-refractivity contribution in [3.8, 4) is 0 Å². The van der Waals surface area contributed by atoms with E-state index in [1.165, 1.54) is 199 Å². The van der Waals surface area contributed by atoms with Crippen LogP contribution in [0.5, 0.6) is 0 Å². The average Bonchev–Trinajstić information content (AvgIpc) is 3.39. The molecule has 0 aliphatic rings. The van der Waals surface area contributed by atoms with Gasteiger partial charge in [-0.15, -0.1) is 0 Å². The van der Waals surface area contributed by atoms with Crippen LogP contribution in [0.2, 0.25) is 0 Å². The Kier molecular flexibility index (Phi) is 59.2. The van der Waals surface area contributed by atoms with Crippen molar-refractivity contribution in [3.63, 3.8) is 0 Å². The van der Waals surface area contributed by atoms with Crippen molar-refractivity contribution in [3.05, 3.63) is 60.8 Å². The molecule has 0 aliphatic heterocycles. The van der Waals surface area contributed by atoms with E-state index in [1.54, 1.807) is 0 Å². The van der Waals surface area contributed by atoms with E-state index in [9.17, 15) is 14.4 Å². The van der Waals surface area contributed by atoms with Gasteiger partial charge in [-0.05, 0) is 109 Å². The van der Waals surface area contributed by atoms with Crippen molar-refractivity contribution in [1.29, 1.82) is 0 Å². The normalized spacial score (nSPS) is 12.4. The van der Waals surface area contributed by atoms with Gasteiger partial charge < -0.3 is 14.2 Å².